The number of aryl methyl sites for hydroxylation is 1. The second-order valence-electron chi connectivity index (χ2n) is 5.49. The van der Waals surface area contributed by atoms with Crippen molar-refractivity contribution in [1.29, 1.82) is 0 Å². The predicted molar refractivity (Wildman–Crippen MR) is 107 cm³/mol. The van der Waals surface area contributed by atoms with Gasteiger partial charge in [0.05, 0.1) is 10.7 Å². The first-order valence-corrected chi connectivity index (χ1v) is 8.94. The number of aliphatic imine (C=N–C) groups is 1. The Morgan fingerprint density at radius 1 is 1.00 bits per heavy atom. The fraction of sp³-hybridized carbons (Fsp3) is 0.105. The molecule has 0 saturated carbocycles. The zero-order valence-electron chi connectivity index (χ0n) is 13.2. The molecule has 2 aromatic carbocycles. The van der Waals surface area contributed by atoms with Crippen LogP contribution in [0.1, 0.15) is 17.0 Å². The molecule has 3 rings (SSSR count). The van der Waals surface area contributed by atoms with Gasteiger partial charge in [-0.05, 0) is 78.3 Å². The molecule has 0 amide bonds. The minimum atomic E-state index is 0.649. The quantitative estimate of drug-likeness (QED) is 0.408. The highest BCUT2D eigenvalue weighted by molar-refractivity contribution is 9.10. The Balaban J connectivity index is 1.95. The molecule has 0 aliphatic carbocycles. The third-order valence-corrected chi connectivity index (χ3v) is 5.30. The molecule has 0 radical (unpaired) electrons. The van der Waals surface area contributed by atoms with E-state index in [2.05, 4.69) is 45.4 Å². The van der Waals surface area contributed by atoms with Crippen molar-refractivity contribution >= 4 is 51.0 Å². The van der Waals surface area contributed by atoms with Crippen LogP contribution in [-0.4, -0.2) is 10.8 Å². The maximum absolute atomic E-state index is 6.11. The van der Waals surface area contributed by atoms with Crippen molar-refractivity contribution < 1.29 is 0 Å². The summed E-state index contributed by atoms with van der Waals surface area (Å²) in [4.78, 5) is 4.54. The van der Waals surface area contributed by atoms with Crippen LogP contribution in [0.15, 0.2) is 58.0 Å². The second-order valence-corrected chi connectivity index (χ2v) is 7.19. The predicted octanol–water partition coefficient (Wildman–Crippen LogP) is 6.91. The zero-order chi connectivity index (χ0) is 17.3. The lowest BCUT2D eigenvalue weighted by Gasteiger charge is -2.09. The number of nitrogens with zero attached hydrogens (tertiary/aromatic N) is 2. The summed E-state index contributed by atoms with van der Waals surface area (Å²) < 4.78 is 3.05. The van der Waals surface area contributed by atoms with Crippen LogP contribution in [0.3, 0.4) is 0 Å². The van der Waals surface area contributed by atoms with E-state index in [0.29, 0.717) is 5.02 Å². The Labute approximate surface area is 159 Å². The molecule has 0 unspecified atom stereocenters. The molecule has 1 aromatic heterocycles. The van der Waals surface area contributed by atoms with Gasteiger partial charge in [0.25, 0.3) is 0 Å². The first-order valence-electron chi connectivity index (χ1n) is 7.39. The molecule has 0 spiro atoms. The van der Waals surface area contributed by atoms with E-state index >= 15 is 0 Å². The molecule has 0 atom stereocenters. The molecule has 1 heterocycles. The minimum absolute atomic E-state index is 0.649. The molecular formula is C19H15BrCl2N2. The standard InChI is InChI=1S/C19H15BrCl2N2/c1-12-9-14(11-23-16-5-8-18(20)19(22)10-16)13(2)24(12)17-6-3-15(21)4-7-17/h3-11H,1-2H3. The van der Waals surface area contributed by atoms with E-state index in [9.17, 15) is 0 Å². The van der Waals surface area contributed by atoms with Crippen LogP contribution in [0.2, 0.25) is 10.0 Å². The molecule has 24 heavy (non-hydrogen) atoms. The van der Waals surface area contributed by atoms with Gasteiger partial charge in [0, 0.05) is 38.3 Å². The highest BCUT2D eigenvalue weighted by atomic mass is 79.9. The fourth-order valence-electron chi connectivity index (χ4n) is 2.62. The summed E-state index contributed by atoms with van der Waals surface area (Å²) >= 11 is 15.5. The molecule has 122 valence electrons. The van der Waals surface area contributed by atoms with Crippen LogP contribution in [0.5, 0.6) is 0 Å². The topological polar surface area (TPSA) is 17.3 Å². The van der Waals surface area contributed by atoms with E-state index in [-0.39, 0.29) is 0 Å². The molecule has 0 aliphatic rings. The second kappa shape index (κ2) is 7.14. The van der Waals surface area contributed by atoms with Gasteiger partial charge in [-0.3, -0.25) is 4.99 Å². The van der Waals surface area contributed by atoms with E-state index in [1.165, 1.54) is 0 Å². The lowest BCUT2D eigenvalue weighted by Crippen LogP contribution is -1.99. The van der Waals surface area contributed by atoms with Crippen molar-refractivity contribution in [2.45, 2.75) is 13.8 Å². The highest BCUT2D eigenvalue weighted by Crippen LogP contribution is 2.27. The van der Waals surface area contributed by atoms with Crippen LogP contribution < -0.4 is 0 Å². The van der Waals surface area contributed by atoms with Crippen LogP contribution in [0.25, 0.3) is 5.69 Å². The Hall–Kier alpha value is -1.55. The molecule has 3 aromatic rings. The van der Waals surface area contributed by atoms with E-state index in [4.69, 9.17) is 23.2 Å². The molecule has 0 N–H and O–H groups in total. The normalized spacial score (nSPS) is 11.4. The van der Waals surface area contributed by atoms with Gasteiger partial charge in [-0.2, -0.15) is 0 Å². The monoisotopic (exact) mass is 420 g/mol. The van der Waals surface area contributed by atoms with Crippen molar-refractivity contribution in [3.05, 3.63) is 80.0 Å². The molecule has 0 bridgehead atoms. The van der Waals surface area contributed by atoms with Gasteiger partial charge in [0.15, 0.2) is 0 Å². The van der Waals surface area contributed by atoms with Crippen LogP contribution >= 0.6 is 39.1 Å². The van der Waals surface area contributed by atoms with Crippen LogP contribution in [0.4, 0.5) is 5.69 Å². The van der Waals surface area contributed by atoms with E-state index in [1.54, 1.807) is 0 Å². The van der Waals surface area contributed by atoms with Gasteiger partial charge in [-0.25, -0.2) is 0 Å². The van der Waals surface area contributed by atoms with E-state index in [1.807, 2.05) is 48.7 Å². The lowest BCUT2D eigenvalue weighted by molar-refractivity contribution is 0.965. The maximum atomic E-state index is 6.11. The average molecular weight is 422 g/mol. The van der Waals surface area contributed by atoms with Gasteiger partial charge >= 0.3 is 0 Å². The molecule has 2 nitrogen and oxygen atoms in total. The van der Waals surface area contributed by atoms with Gasteiger partial charge in [-0.15, -0.1) is 0 Å². The highest BCUT2D eigenvalue weighted by Gasteiger charge is 2.09. The number of benzene rings is 2. The summed E-state index contributed by atoms with van der Waals surface area (Å²) in [5.74, 6) is 0. The Bertz CT molecular complexity index is 912. The van der Waals surface area contributed by atoms with Gasteiger partial charge < -0.3 is 4.57 Å². The van der Waals surface area contributed by atoms with Gasteiger partial charge in [0.2, 0.25) is 0 Å². The van der Waals surface area contributed by atoms with Crippen LogP contribution in [0, 0.1) is 13.8 Å². The number of halogens is 3. The summed E-state index contributed by atoms with van der Waals surface area (Å²) in [6.45, 7) is 4.16. The van der Waals surface area contributed by atoms with Crippen molar-refractivity contribution in [2.24, 2.45) is 4.99 Å². The first kappa shape index (κ1) is 17.3. The van der Waals surface area contributed by atoms with E-state index < -0.39 is 0 Å². The Kier molecular flexibility index (Phi) is 5.14. The summed E-state index contributed by atoms with van der Waals surface area (Å²) in [6, 6.07) is 15.6. The molecule has 0 aliphatic heterocycles. The average Bonchev–Trinajstić information content (AvgIpc) is 2.84. The minimum Gasteiger partial charge on any atom is -0.318 e. The molecule has 0 fully saturated rings. The SMILES string of the molecule is Cc1cc(C=Nc2ccc(Br)c(Cl)c2)c(C)n1-c1ccc(Cl)cc1. The Morgan fingerprint density at radius 3 is 2.38 bits per heavy atom. The van der Waals surface area contributed by atoms with Crippen molar-refractivity contribution in [3.8, 4) is 5.69 Å². The lowest BCUT2D eigenvalue weighted by atomic mass is 10.2. The maximum Gasteiger partial charge on any atom is 0.0645 e. The van der Waals surface area contributed by atoms with Crippen molar-refractivity contribution in [2.75, 3.05) is 0 Å². The van der Waals surface area contributed by atoms with Gasteiger partial charge in [-0.1, -0.05) is 23.2 Å². The smallest absolute Gasteiger partial charge is 0.0645 e. The molecular weight excluding hydrogens is 407 g/mol. The first-order chi connectivity index (χ1) is 11.5. The third-order valence-electron chi connectivity index (χ3n) is 3.81. The van der Waals surface area contributed by atoms with Crippen molar-refractivity contribution in [3.63, 3.8) is 0 Å². The number of hydrogen-bond acceptors (Lipinski definition) is 1. The summed E-state index contributed by atoms with van der Waals surface area (Å²) in [5.41, 5.74) is 5.24. The molecule has 5 heteroatoms. The van der Waals surface area contributed by atoms with E-state index in [0.717, 1.165) is 37.8 Å². The number of rotatable bonds is 3. The summed E-state index contributed by atoms with van der Waals surface area (Å²) in [6.07, 6.45) is 1.87. The largest absolute Gasteiger partial charge is 0.318 e. The fourth-order valence-corrected chi connectivity index (χ4v) is 3.16. The third kappa shape index (κ3) is 3.59. The number of hydrogen-bond donors (Lipinski definition) is 0. The summed E-state index contributed by atoms with van der Waals surface area (Å²) in [5, 5.41) is 1.38. The van der Waals surface area contributed by atoms with Gasteiger partial charge in [0.1, 0.15) is 0 Å². The Morgan fingerprint density at radius 2 is 1.71 bits per heavy atom. The van der Waals surface area contributed by atoms with Crippen molar-refractivity contribution in [1.82, 2.24) is 4.57 Å². The molecule has 0 saturated heterocycles. The van der Waals surface area contributed by atoms with Crippen LogP contribution in [-0.2, 0) is 0 Å². The summed E-state index contributed by atoms with van der Waals surface area (Å²) in [7, 11) is 0. The number of aromatic nitrogens is 1. The zero-order valence-corrected chi connectivity index (χ0v) is 16.3.